The van der Waals surface area contributed by atoms with Gasteiger partial charge < -0.3 is 15.1 Å². The third-order valence-electron chi connectivity index (χ3n) is 5.33. The molecule has 2 heterocycles. The molecule has 6 nitrogen and oxygen atoms in total. The van der Waals surface area contributed by atoms with Crippen molar-refractivity contribution in [2.24, 2.45) is 0 Å². The highest BCUT2D eigenvalue weighted by Gasteiger charge is 2.39. The third kappa shape index (κ3) is 4.40. The number of benzene rings is 2. The summed E-state index contributed by atoms with van der Waals surface area (Å²) >= 11 is 0. The second kappa shape index (κ2) is 8.41. The van der Waals surface area contributed by atoms with E-state index >= 15 is 0 Å². The number of urea groups is 1. The van der Waals surface area contributed by atoms with Crippen LogP contribution >= 0.6 is 0 Å². The van der Waals surface area contributed by atoms with E-state index in [4.69, 9.17) is 0 Å². The summed E-state index contributed by atoms with van der Waals surface area (Å²) in [6, 6.07) is 13.8. The highest BCUT2D eigenvalue weighted by molar-refractivity contribution is 5.90. The largest absolute Gasteiger partial charge is 0.437 e. The van der Waals surface area contributed by atoms with Crippen LogP contribution in [-0.2, 0) is 12.6 Å². The van der Waals surface area contributed by atoms with Gasteiger partial charge in [0.05, 0.1) is 11.0 Å². The van der Waals surface area contributed by atoms with Crippen molar-refractivity contribution in [1.29, 1.82) is 0 Å². The van der Waals surface area contributed by atoms with E-state index in [-0.39, 0.29) is 43.5 Å². The Morgan fingerprint density at radius 1 is 0.968 bits per heavy atom. The Bertz CT molecular complexity index is 1090. The number of hydrogen-bond donors (Lipinski definition) is 1. The van der Waals surface area contributed by atoms with Crippen molar-refractivity contribution in [3.8, 4) is 0 Å². The van der Waals surface area contributed by atoms with E-state index in [0.717, 1.165) is 17.7 Å². The normalized spacial score (nSPS) is 14.7. The van der Waals surface area contributed by atoms with Crippen LogP contribution in [0.15, 0.2) is 48.5 Å². The molecule has 0 atom stereocenters. The number of aryl methyl sites for hydroxylation is 1. The first-order valence-corrected chi connectivity index (χ1v) is 10.1. The lowest BCUT2D eigenvalue weighted by molar-refractivity contribution is -0.140. The highest BCUT2D eigenvalue weighted by Crippen LogP contribution is 2.35. The van der Waals surface area contributed by atoms with E-state index in [1.54, 1.807) is 28.0 Å². The molecule has 1 aliphatic rings. The first-order valence-electron chi connectivity index (χ1n) is 10.1. The minimum absolute atomic E-state index is 0.192. The van der Waals surface area contributed by atoms with Gasteiger partial charge in [0.15, 0.2) is 11.5 Å². The zero-order valence-electron chi connectivity index (χ0n) is 17.0. The number of alkyl halides is 3. The number of carbonyl (C=O) groups is 1. The maximum Gasteiger partial charge on any atom is 0.437 e. The van der Waals surface area contributed by atoms with Crippen LogP contribution in [0.5, 0.6) is 0 Å². The fraction of sp³-hybridized carbons (Fsp3) is 0.318. The lowest BCUT2D eigenvalue weighted by Gasteiger charge is -2.36. The number of carbonyl (C=O) groups excluding carboxylic acids is 1. The average molecular weight is 429 g/mol. The maximum absolute atomic E-state index is 13.6. The number of nitrogens with one attached hydrogen (secondary N) is 1. The molecule has 0 bridgehead atoms. The highest BCUT2D eigenvalue weighted by atomic mass is 19.4. The molecule has 2 aromatic carbocycles. The summed E-state index contributed by atoms with van der Waals surface area (Å²) in [5, 5.41) is 2.91. The number of rotatable bonds is 3. The number of halogens is 3. The van der Waals surface area contributed by atoms with Crippen LogP contribution in [0, 0.1) is 0 Å². The zero-order chi connectivity index (χ0) is 22.0. The Morgan fingerprint density at radius 3 is 2.23 bits per heavy atom. The van der Waals surface area contributed by atoms with Gasteiger partial charge >= 0.3 is 12.2 Å². The molecule has 1 N–H and O–H groups in total. The predicted molar refractivity (Wildman–Crippen MR) is 113 cm³/mol. The Hall–Kier alpha value is -3.36. The lowest BCUT2D eigenvalue weighted by atomic mass is 10.1. The van der Waals surface area contributed by atoms with Crippen molar-refractivity contribution in [2.75, 3.05) is 36.4 Å². The number of piperazine rings is 1. The standard InChI is InChI=1S/C22H22F3N5O/c1-2-15-7-3-4-8-16(15)28-21(31)30-13-11-29(12-14-30)20-19(22(23,24)25)26-17-9-5-6-10-18(17)27-20/h3-10H,2,11-14H2,1H3,(H,28,31). The number of hydrogen-bond acceptors (Lipinski definition) is 4. The molecular weight excluding hydrogens is 407 g/mol. The van der Waals surface area contributed by atoms with E-state index in [9.17, 15) is 18.0 Å². The summed E-state index contributed by atoms with van der Waals surface area (Å²) in [6.07, 6.45) is -3.84. The van der Waals surface area contributed by atoms with Crippen LogP contribution in [0.1, 0.15) is 18.2 Å². The van der Waals surface area contributed by atoms with Gasteiger partial charge in [-0.2, -0.15) is 13.2 Å². The van der Waals surface area contributed by atoms with Gasteiger partial charge in [-0.25, -0.2) is 14.8 Å². The van der Waals surface area contributed by atoms with E-state index in [1.165, 1.54) is 6.07 Å². The Labute approximate surface area is 177 Å². The van der Waals surface area contributed by atoms with Gasteiger partial charge in [0.1, 0.15) is 0 Å². The fourth-order valence-electron chi connectivity index (χ4n) is 3.67. The Morgan fingerprint density at radius 2 is 1.58 bits per heavy atom. The van der Waals surface area contributed by atoms with Gasteiger partial charge in [-0.3, -0.25) is 0 Å². The minimum atomic E-state index is -4.62. The summed E-state index contributed by atoms with van der Waals surface area (Å²) in [5.74, 6) is -0.192. The van der Waals surface area contributed by atoms with E-state index in [1.807, 2.05) is 31.2 Å². The van der Waals surface area contributed by atoms with Gasteiger partial charge in [0.25, 0.3) is 0 Å². The van der Waals surface area contributed by atoms with Crippen LogP contribution in [0.4, 0.5) is 29.5 Å². The molecule has 1 fully saturated rings. The van der Waals surface area contributed by atoms with Crippen molar-refractivity contribution in [3.63, 3.8) is 0 Å². The topological polar surface area (TPSA) is 61.4 Å². The Balaban J connectivity index is 1.51. The van der Waals surface area contributed by atoms with Crippen molar-refractivity contribution in [2.45, 2.75) is 19.5 Å². The number of para-hydroxylation sites is 3. The SMILES string of the molecule is CCc1ccccc1NC(=O)N1CCN(c2nc3ccccc3nc2C(F)(F)F)CC1. The summed E-state index contributed by atoms with van der Waals surface area (Å²) in [5.41, 5.74) is 1.38. The maximum atomic E-state index is 13.6. The minimum Gasteiger partial charge on any atom is -0.351 e. The molecule has 0 radical (unpaired) electrons. The number of amides is 2. The van der Waals surface area contributed by atoms with Crippen LogP contribution in [0.3, 0.4) is 0 Å². The van der Waals surface area contributed by atoms with Gasteiger partial charge in [0.2, 0.25) is 0 Å². The summed E-state index contributed by atoms with van der Waals surface area (Å²) in [6.45, 7) is 3.04. The van der Waals surface area contributed by atoms with E-state index in [0.29, 0.717) is 5.52 Å². The smallest absolute Gasteiger partial charge is 0.351 e. The molecule has 1 aliphatic heterocycles. The van der Waals surface area contributed by atoms with Crippen molar-refractivity contribution in [3.05, 3.63) is 59.8 Å². The molecular formula is C22H22F3N5O. The lowest BCUT2D eigenvalue weighted by Crippen LogP contribution is -2.50. The van der Waals surface area contributed by atoms with Crippen LogP contribution in [0.25, 0.3) is 11.0 Å². The summed E-state index contributed by atoms with van der Waals surface area (Å²) < 4.78 is 40.9. The molecule has 0 aliphatic carbocycles. The van der Waals surface area contributed by atoms with Crippen LogP contribution in [-0.4, -0.2) is 47.1 Å². The van der Waals surface area contributed by atoms with E-state index in [2.05, 4.69) is 15.3 Å². The fourth-order valence-corrected chi connectivity index (χ4v) is 3.67. The quantitative estimate of drug-likeness (QED) is 0.663. The molecule has 3 aromatic rings. The molecule has 2 amide bonds. The number of aromatic nitrogens is 2. The number of fused-ring (bicyclic) bond motifs is 1. The molecule has 4 rings (SSSR count). The van der Waals surface area contributed by atoms with Crippen LogP contribution < -0.4 is 10.2 Å². The molecule has 162 valence electrons. The van der Waals surface area contributed by atoms with Gasteiger partial charge in [-0.1, -0.05) is 37.3 Å². The molecule has 0 saturated carbocycles. The molecule has 1 aromatic heterocycles. The third-order valence-corrected chi connectivity index (χ3v) is 5.33. The molecule has 9 heteroatoms. The van der Waals surface area contributed by atoms with E-state index < -0.39 is 11.9 Å². The van der Waals surface area contributed by atoms with Crippen molar-refractivity contribution >= 4 is 28.6 Å². The first kappa shape index (κ1) is 20.9. The zero-order valence-corrected chi connectivity index (χ0v) is 17.0. The first-order chi connectivity index (χ1) is 14.9. The van der Waals surface area contributed by atoms with Crippen molar-refractivity contribution in [1.82, 2.24) is 14.9 Å². The second-order valence-electron chi connectivity index (χ2n) is 7.30. The molecule has 0 spiro atoms. The number of nitrogens with zero attached hydrogens (tertiary/aromatic N) is 4. The van der Waals surface area contributed by atoms with Gasteiger partial charge in [-0.05, 0) is 30.2 Å². The van der Waals surface area contributed by atoms with Gasteiger partial charge in [-0.15, -0.1) is 0 Å². The van der Waals surface area contributed by atoms with Gasteiger partial charge in [0, 0.05) is 31.9 Å². The molecule has 1 saturated heterocycles. The average Bonchev–Trinajstić information content (AvgIpc) is 2.78. The second-order valence-corrected chi connectivity index (χ2v) is 7.30. The monoisotopic (exact) mass is 429 g/mol. The molecule has 31 heavy (non-hydrogen) atoms. The van der Waals surface area contributed by atoms with Crippen LogP contribution in [0.2, 0.25) is 0 Å². The number of anilines is 2. The molecule has 0 unspecified atom stereocenters. The summed E-state index contributed by atoms with van der Waals surface area (Å²) in [7, 11) is 0. The van der Waals surface area contributed by atoms with Crippen molar-refractivity contribution < 1.29 is 18.0 Å². The predicted octanol–water partition coefficient (Wildman–Crippen LogP) is 4.57. The summed E-state index contributed by atoms with van der Waals surface area (Å²) in [4.78, 5) is 23.9. The Kier molecular flexibility index (Phi) is 5.67.